The van der Waals surface area contributed by atoms with Gasteiger partial charge in [-0.15, -0.1) is 0 Å². The van der Waals surface area contributed by atoms with Gasteiger partial charge in [-0.25, -0.2) is 0 Å². The first-order chi connectivity index (χ1) is 15.6. The lowest BCUT2D eigenvalue weighted by Crippen LogP contribution is -2.17. The third kappa shape index (κ3) is 2.61. The summed E-state index contributed by atoms with van der Waals surface area (Å²) >= 11 is 0. The molecule has 0 bridgehead atoms. The van der Waals surface area contributed by atoms with Crippen molar-refractivity contribution in [3.05, 3.63) is 77.4 Å². The molecule has 0 atom stereocenters. The van der Waals surface area contributed by atoms with Crippen LogP contribution in [-0.2, 0) is 10.8 Å². The highest BCUT2D eigenvalue weighted by atomic mass is 16.3. The minimum atomic E-state index is -0.00159. The lowest BCUT2D eigenvalue weighted by molar-refractivity contribution is 0.403. The number of benzene rings is 3. The van der Waals surface area contributed by atoms with Gasteiger partial charge in [-0.1, -0.05) is 52.0 Å². The van der Waals surface area contributed by atoms with E-state index in [1.807, 2.05) is 18.2 Å². The standard InChI is InChI=1S/C29H27NO/c1-17-12-21-19-8-6-7-9-25(19)31-27(21)22(13-17)26-20-15-24-23(14-18(20)10-11-30-26)28(2,3)16-29(24,4)5/h6-15H,16H2,1-5H3/i10D,11D. The molecule has 0 fully saturated rings. The monoisotopic (exact) mass is 407 g/mol. The van der Waals surface area contributed by atoms with Gasteiger partial charge in [0.2, 0.25) is 0 Å². The van der Waals surface area contributed by atoms with Crippen molar-refractivity contribution in [2.75, 3.05) is 0 Å². The van der Waals surface area contributed by atoms with Crippen molar-refractivity contribution in [1.29, 1.82) is 0 Å². The molecule has 1 aliphatic carbocycles. The predicted octanol–water partition coefficient (Wildman–Crippen LogP) is 8.07. The third-order valence-electron chi connectivity index (χ3n) is 6.99. The van der Waals surface area contributed by atoms with Crippen LogP contribution in [0.1, 0.15) is 53.5 Å². The Morgan fingerprint density at radius 1 is 0.903 bits per heavy atom. The number of pyridine rings is 1. The summed E-state index contributed by atoms with van der Waals surface area (Å²) in [5.41, 5.74) is 7.01. The van der Waals surface area contributed by atoms with Crippen molar-refractivity contribution < 1.29 is 7.16 Å². The van der Waals surface area contributed by atoms with E-state index in [2.05, 4.69) is 69.9 Å². The highest BCUT2D eigenvalue weighted by Crippen LogP contribution is 2.51. The highest BCUT2D eigenvalue weighted by molar-refractivity contribution is 6.12. The molecule has 3 aromatic carbocycles. The number of hydrogen-bond donors (Lipinski definition) is 0. The van der Waals surface area contributed by atoms with Crippen LogP contribution < -0.4 is 0 Å². The van der Waals surface area contributed by atoms with Crippen molar-refractivity contribution in [3.63, 3.8) is 0 Å². The van der Waals surface area contributed by atoms with Gasteiger partial charge in [-0.3, -0.25) is 4.98 Å². The van der Waals surface area contributed by atoms with Crippen molar-refractivity contribution >= 4 is 32.7 Å². The second-order valence-electron chi connectivity index (χ2n) is 10.4. The van der Waals surface area contributed by atoms with Gasteiger partial charge in [-0.05, 0) is 76.6 Å². The van der Waals surface area contributed by atoms with Crippen LogP contribution in [0.25, 0.3) is 44.0 Å². The molecule has 0 unspecified atom stereocenters. The van der Waals surface area contributed by atoms with E-state index in [0.717, 1.165) is 56.0 Å². The smallest absolute Gasteiger partial charge is 0.144 e. The zero-order valence-electron chi connectivity index (χ0n) is 20.7. The molecule has 0 spiro atoms. The van der Waals surface area contributed by atoms with E-state index in [0.29, 0.717) is 0 Å². The van der Waals surface area contributed by atoms with Crippen LogP contribution in [0, 0.1) is 6.92 Å². The van der Waals surface area contributed by atoms with Crippen molar-refractivity contribution in [3.8, 4) is 11.3 Å². The van der Waals surface area contributed by atoms with Crippen LogP contribution in [0.5, 0.6) is 0 Å². The SMILES string of the molecule is [2H]c1nc(-c2cc(C)cc3c2oc2ccccc23)c2cc3c(cc2c1[2H])C(C)(C)CC3(C)C. The molecule has 2 aromatic heterocycles. The molecule has 31 heavy (non-hydrogen) atoms. The molecule has 0 aliphatic heterocycles. The first-order valence-electron chi connectivity index (χ1n) is 11.9. The van der Waals surface area contributed by atoms with Gasteiger partial charge in [0.25, 0.3) is 0 Å². The molecular formula is C29H27NO. The van der Waals surface area contributed by atoms with Crippen molar-refractivity contribution in [2.45, 2.75) is 51.9 Å². The molecule has 0 N–H and O–H groups in total. The Hall–Kier alpha value is -3.13. The minimum Gasteiger partial charge on any atom is -0.455 e. The van der Waals surface area contributed by atoms with Crippen molar-refractivity contribution in [1.82, 2.24) is 4.98 Å². The minimum absolute atomic E-state index is 0.00159. The largest absolute Gasteiger partial charge is 0.455 e. The first kappa shape index (κ1) is 16.5. The van der Waals surface area contributed by atoms with Gasteiger partial charge >= 0.3 is 0 Å². The molecule has 0 amide bonds. The summed E-state index contributed by atoms with van der Waals surface area (Å²) in [5, 5.41) is 3.85. The van der Waals surface area contributed by atoms with E-state index < -0.39 is 0 Å². The average Bonchev–Trinajstić information content (AvgIpc) is 3.20. The van der Waals surface area contributed by atoms with Gasteiger partial charge < -0.3 is 4.42 Å². The maximum atomic E-state index is 8.66. The van der Waals surface area contributed by atoms with Crippen LogP contribution in [0.2, 0.25) is 0 Å². The summed E-state index contributed by atoms with van der Waals surface area (Å²) in [6.45, 7) is 11.2. The van der Waals surface area contributed by atoms with Gasteiger partial charge in [0, 0.05) is 27.9 Å². The Bertz CT molecular complexity index is 1620. The summed E-state index contributed by atoms with van der Waals surface area (Å²) < 4.78 is 23.5. The summed E-state index contributed by atoms with van der Waals surface area (Å²) in [4.78, 5) is 4.66. The fourth-order valence-electron chi connectivity index (χ4n) is 5.87. The summed E-state index contributed by atoms with van der Waals surface area (Å²) in [5.74, 6) is 0. The van der Waals surface area contributed by atoms with Crippen LogP contribution in [0.3, 0.4) is 0 Å². The normalized spacial score (nSPS) is 17.8. The van der Waals surface area contributed by atoms with Crippen LogP contribution >= 0.6 is 0 Å². The van der Waals surface area contributed by atoms with Crippen molar-refractivity contribution in [2.24, 2.45) is 0 Å². The van der Waals surface area contributed by atoms with E-state index in [-0.39, 0.29) is 23.0 Å². The second kappa shape index (κ2) is 5.97. The fraction of sp³-hybridized carbons (Fsp3) is 0.276. The van der Waals surface area contributed by atoms with Gasteiger partial charge in [0.05, 0.1) is 8.44 Å². The second-order valence-corrected chi connectivity index (χ2v) is 10.4. The summed E-state index contributed by atoms with van der Waals surface area (Å²) in [6.07, 6.45) is 1.05. The maximum absolute atomic E-state index is 8.66. The molecule has 5 aromatic rings. The molecule has 6 rings (SSSR count). The van der Waals surface area contributed by atoms with E-state index in [1.54, 1.807) is 0 Å². The van der Waals surface area contributed by atoms with Crippen LogP contribution in [-0.4, -0.2) is 4.98 Å². The van der Waals surface area contributed by atoms with Crippen LogP contribution in [0.4, 0.5) is 0 Å². The molecule has 2 nitrogen and oxygen atoms in total. The van der Waals surface area contributed by atoms with E-state index in [4.69, 9.17) is 7.16 Å². The Kier molecular flexibility index (Phi) is 3.19. The Morgan fingerprint density at radius 2 is 1.65 bits per heavy atom. The zero-order valence-corrected chi connectivity index (χ0v) is 18.7. The molecule has 2 heterocycles. The van der Waals surface area contributed by atoms with Crippen LogP contribution in [0.15, 0.2) is 65.2 Å². The maximum Gasteiger partial charge on any atom is 0.144 e. The number of furan rings is 1. The molecule has 0 radical (unpaired) electrons. The van der Waals surface area contributed by atoms with E-state index in [1.165, 1.54) is 11.1 Å². The number of rotatable bonds is 1. The molecule has 0 saturated carbocycles. The highest BCUT2D eigenvalue weighted by Gasteiger charge is 2.42. The average molecular weight is 408 g/mol. The molecule has 154 valence electrons. The Labute approximate surface area is 185 Å². The van der Waals surface area contributed by atoms with E-state index >= 15 is 0 Å². The number of fused-ring (bicyclic) bond motifs is 5. The fourth-order valence-corrected chi connectivity index (χ4v) is 5.87. The topological polar surface area (TPSA) is 26.0 Å². The third-order valence-corrected chi connectivity index (χ3v) is 6.99. The first-order valence-corrected chi connectivity index (χ1v) is 10.9. The quantitative estimate of drug-likeness (QED) is 0.281. The number of hydrogen-bond acceptors (Lipinski definition) is 2. The molecular weight excluding hydrogens is 378 g/mol. The lowest BCUT2D eigenvalue weighted by atomic mass is 9.82. The molecule has 1 aliphatic rings. The number of nitrogens with zero attached hydrogens (tertiary/aromatic N) is 1. The summed E-state index contributed by atoms with van der Waals surface area (Å²) in [7, 11) is 0. The Balaban J connectivity index is 1.76. The molecule has 0 saturated heterocycles. The lowest BCUT2D eigenvalue weighted by Gasteiger charge is -2.22. The van der Waals surface area contributed by atoms with Gasteiger partial charge in [0.1, 0.15) is 11.2 Å². The predicted molar refractivity (Wildman–Crippen MR) is 130 cm³/mol. The van der Waals surface area contributed by atoms with Gasteiger partial charge in [-0.2, -0.15) is 0 Å². The number of aromatic nitrogens is 1. The summed E-state index contributed by atoms with van der Waals surface area (Å²) in [6, 6.07) is 16.9. The van der Waals surface area contributed by atoms with E-state index in [9.17, 15) is 0 Å². The molecule has 2 heteroatoms. The number of aryl methyl sites for hydroxylation is 1. The zero-order chi connectivity index (χ0) is 23.3. The van der Waals surface area contributed by atoms with Gasteiger partial charge in [0.15, 0.2) is 0 Å². The number of para-hydroxylation sites is 1. The Morgan fingerprint density at radius 3 is 2.45 bits per heavy atom.